The fourth-order valence-electron chi connectivity index (χ4n) is 3.25. The number of guanidine groups is 1. The molecule has 6 heteroatoms. The van der Waals surface area contributed by atoms with Crippen molar-refractivity contribution in [2.75, 3.05) is 38.5 Å². The second-order valence-corrected chi connectivity index (χ2v) is 7.28. The predicted molar refractivity (Wildman–Crippen MR) is 129 cm³/mol. The molecule has 0 aromatic heterocycles. The smallest absolute Gasteiger partial charge is 0.193 e. The number of likely N-dealkylation sites (N-methyl/N-ethyl adjacent to an activating group) is 1. The third kappa shape index (κ3) is 7.07. The van der Waals surface area contributed by atoms with Gasteiger partial charge in [-0.3, -0.25) is 4.90 Å². The molecule has 1 saturated heterocycles. The van der Waals surface area contributed by atoms with Crippen molar-refractivity contribution >= 4 is 35.6 Å². The highest BCUT2D eigenvalue weighted by molar-refractivity contribution is 14.0. The second-order valence-electron chi connectivity index (χ2n) is 7.28. The van der Waals surface area contributed by atoms with Gasteiger partial charge in [0.15, 0.2) is 5.96 Å². The number of aliphatic imine (C=N–C) groups is 1. The Morgan fingerprint density at radius 3 is 2.36 bits per heavy atom. The van der Waals surface area contributed by atoms with Crippen molar-refractivity contribution < 1.29 is 0 Å². The van der Waals surface area contributed by atoms with Gasteiger partial charge in [-0.05, 0) is 42.3 Å². The van der Waals surface area contributed by atoms with Gasteiger partial charge < -0.3 is 16.0 Å². The van der Waals surface area contributed by atoms with E-state index in [9.17, 15) is 0 Å². The maximum absolute atomic E-state index is 6.04. The zero-order valence-electron chi connectivity index (χ0n) is 16.9. The lowest BCUT2D eigenvalue weighted by Gasteiger charge is -2.32. The summed E-state index contributed by atoms with van der Waals surface area (Å²) in [5.74, 6) is 0.449. The Labute approximate surface area is 186 Å². The van der Waals surface area contributed by atoms with E-state index in [4.69, 9.17) is 5.73 Å². The number of piperazine rings is 1. The van der Waals surface area contributed by atoms with E-state index in [1.807, 2.05) is 12.1 Å². The standard InChI is InChI=1S/C22H31N5.HI/c1-3-18-5-4-6-21(15-18)25-22(23)24-16-19-7-9-20(10-8-19)17-27-13-11-26(2)12-14-27;/h4-10,15H,3,11-14,16-17H2,1-2H3,(H3,23,24,25);1H. The number of hydrogen-bond acceptors (Lipinski definition) is 3. The molecule has 0 bridgehead atoms. The van der Waals surface area contributed by atoms with Crippen LogP contribution in [0.5, 0.6) is 0 Å². The number of hydrogen-bond donors (Lipinski definition) is 2. The number of nitrogens with zero attached hydrogens (tertiary/aromatic N) is 3. The Morgan fingerprint density at radius 1 is 1.00 bits per heavy atom. The topological polar surface area (TPSA) is 56.9 Å². The molecule has 2 aromatic carbocycles. The van der Waals surface area contributed by atoms with E-state index in [1.165, 1.54) is 16.7 Å². The Bertz CT molecular complexity index is 752. The van der Waals surface area contributed by atoms with Crippen molar-refractivity contribution in [1.82, 2.24) is 9.80 Å². The van der Waals surface area contributed by atoms with Crippen molar-refractivity contribution in [2.24, 2.45) is 10.7 Å². The highest BCUT2D eigenvalue weighted by Gasteiger charge is 2.13. The van der Waals surface area contributed by atoms with Crippen LogP contribution in [0.1, 0.15) is 23.6 Å². The second kappa shape index (κ2) is 11.4. The highest BCUT2D eigenvalue weighted by Crippen LogP contribution is 2.12. The van der Waals surface area contributed by atoms with Crippen LogP contribution in [0.4, 0.5) is 5.69 Å². The largest absolute Gasteiger partial charge is 0.370 e. The van der Waals surface area contributed by atoms with Gasteiger partial charge in [0.2, 0.25) is 0 Å². The molecule has 28 heavy (non-hydrogen) atoms. The summed E-state index contributed by atoms with van der Waals surface area (Å²) in [4.78, 5) is 9.36. The number of halogens is 1. The summed E-state index contributed by atoms with van der Waals surface area (Å²) in [6, 6.07) is 17.0. The summed E-state index contributed by atoms with van der Waals surface area (Å²) in [5, 5.41) is 3.17. The lowest BCUT2D eigenvalue weighted by atomic mass is 10.1. The first-order valence-corrected chi connectivity index (χ1v) is 9.77. The number of nitrogens with two attached hydrogens (primary N) is 1. The van der Waals surface area contributed by atoms with E-state index in [2.05, 4.69) is 70.5 Å². The van der Waals surface area contributed by atoms with Crippen LogP contribution in [0.3, 0.4) is 0 Å². The van der Waals surface area contributed by atoms with E-state index in [0.29, 0.717) is 12.5 Å². The van der Waals surface area contributed by atoms with Crippen LogP contribution in [0, 0.1) is 0 Å². The highest BCUT2D eigenvalue weighted by atomic mass is 127. The maximum Gasteiger partial charge on any atom is 0.193 e. The van der Waals surface area contributed by atoms with E-state index in [-0.39, 0.29) is 24.0 Å². The molecular weight excluding hydrogens is 461 g/mol. The minimum atomic E-state index is 0. The molecule has 3 rings (SSSR count). The van der Waals surface area contributed by atoms with Gasteiger partial charge in [-0.2, -0.15) is 0 Å². The minimum Gasteiger partial charge on any atom is -0.370 e. The third-order valence-corrected chi connectivity index (χ3v) is 5.06. The molecule has 152 valence electrons. The number of anilines is 1. The molecule has 0 atom stereocenters. The van der Waals surface area contributed by atoms with Crippen molar-refractivity contribution in [1.29, 1.82) is 0 Å². The summed E-state index contributed by atoms with van der Waals surface area (Å²) in [6.45, 7) is 8.34. The minimum absolute atomic E-state index is 0. The molecule has 1 fully saturated rings. The van der Waals surface area contributed by atoms with Gasteiger partial charge in [0, 0.05) is 38.4 Å². The molecule has 1 aliphatic rings. The summed E-state index contributed by atoms with van der Waals surface area (Å²) >= 11 is 0. The molecule has 3 N–H and O–H groups in total. The predicted octanol–water partition coefficient (Wildman–Crippen LogP) is 3.54. The Morgan fingerprint density at radius 2 is 1.68 bits per heavy atom. The molecule has 1 heterocycles. The monoisotopic (exact) mass is 493 g/mol. The Balaban J connectivity index is 0.00000280. The molecule has 2 aromatic rings. The van der Waals surface area contributed by atoms with Crippen LogP contribution >= 0.6 is 24.0 Å². The normalized spacial score (nSPS) is 15.9. The van der Waals surface area contributed by atoms with Crippen LogP contribution in [0.25, 0.3) is 0 Å². The molecule has 1 aliphatic heterocycles. The molecule has 0 unspecified atom stereocenters. The van der Waals surface area contributed by atoms with Crippen molar-refractivity contribution in [2.45, 2.75) is 26.4 Å². The van der Waals surface area contributed by atoms with Crippen molar-refractivity contribution in [3.8, 4) is 0 Å². The number of rotatable bonds is 6. The van der Waals surface area contributed by atoms with E-state index in [0.717, 1.165) is 44.8 Å². The average molecular weight is 493 g/mol. The molecule has 0 radical (unpaired) electrons. The van der Waals surface area contributed by atoms with Crippen molar-refractivity contribution in [3.63, 3.8) is 0 Å². The van der Waals surface area contributed by atoms with Crippen LogP contribution in [-0.4, -0.2) is 49.0 Å². The van der Waals surface area contributed by atoms with Crippen LogP contribution < -0.4 is 11.1 Å². The van der Waals surface area contributed by atoms with Crippen LogP contribution in [0.15, 0.2) is 53.5 Å². The lowest BCUT2D eigenvalue weighted by molar-refractivity contribution is 0.148. The quantitative estimate of drug-likeness (QED) is 0.367. The molecule has 0 aliphatic carbocycles. The molecular formula is C22H32IN5. The van der Waals surface area contributed by atoms with Gasteiger partial charge in [-0.15, -0.1) is 24.0 Å². The van der Waals surface area contributed by atoms with E-state index in [1.54, 1.807) is 0 Å². The Kier molecular flexibility index (Phi) is 9.21. The SMILES string of the molecule is CCc1cccc(NC(N)=NCc2ccc(CN3CCN(C)CC3)cc2)c1.I. The van der Waals surface area contributed by atoms with Gasteiger partial charge in [0.1, 0.15) is 0 Å². The fraction of sp³-hybridized carbons (Fsp3) is 0.409. The van der Waals surface area contributed by atoms with Gasteiger partial charge in [-0.25, -0.2) is 4.99 Å². The summed E-state index contributed by atoms with van der Waals surface area (Å²) in [6.07, 6.45) is 1.01. The first kappa shape index (κ1) is 22.6. The van der Waals surface area contributed by atoms with E-state index >= 15 is 0 Å². The number of aryl methyl sites for hydroxylation is 1. The van der Waals surface area contributed by atoms with Gasteiger partial charge in [-0.1, -0.05) is 43.3 Å². The third-order valence-electron chi connectivity index (χ3n) is 5.06. The summed E-state index contributed by atoms with van der Waals surface area (Å²) < 4.78 is 0. The van der Waals surface area contributed by atoms with Gasteiger partial charge in [0.25, 0.3) is 0 Å². The van der Waals surface area contributed by atoms with Gasteiger partial charge >= 0.3 is 0 Å². The zero-order valence-corrected chi connectivity index (χ0v) is 19.2. The molecule has 0 spiro atoms. The van der Waals surface area contributed by atoms with Gasteiger partial charge in [0.05, 0.1) is 6.54 Å². The van der Waals surface area contributed by atoms with E-state index < -0.39 is 0 Å². The van der Waals surface area contributed by atoms with Crippen LogP contribution in [0.2, 0.25) is 0 Å². The first-order valence-electron chi connectivity index (χ1n) is 9.77. The average Bonchev–Trinajstić information content (AvgIpc) is 2.69. The lowest BCUT2D eigenvalue weighted by Crippen LogP contribution is -2.43. The van der Waals surface area contributed by atoms with Crippen LogP contribution in [-0.2, 0) is 19.5 Å². The first-order chi connectivity index (χ1) is 13.1. The summed E-state index contributed by atoms with van der Waals surface area (Å²) in [7, 11) is 2.19. The molecule has 0 saturated carbocycles. The maximum atomic E-state index is 6.04. The summed E-state index contributed by atoms with van der Waals surface area (Å²) in [5.41, 5.74) is 10.8. The molecule has 5 nitrogen and oxygen atoms in total. The fourth-order valence-corrected chi connectivity index (χ4v) is 3.25. The van der Waals surface area contributed by atoms with Crippen molar-refractivity contribution in [3.05, 3.63) is 65.2 Å². The zero-order chi connectivity index (χ0) is 19.1. The Hall–Kier alpha value is -1.64. The number of benzene rings is 2. The number of nitrogens with one attached hydrogen (secondary N) is 1. The molecule has 0 amide bonds.